The molecule has 0 aliphatic rings. The van der Waals surface area contributed by atoms with Gasteiger partial charge in [0.2, 0.25) is 0 Å². The van der Waals surface area contributed by atoms with E-state index < -0.39 is 30.2 Å². The number of rotatable bonds is 13. The van der Waals surface area contributed by atoms with Crippen LogP contribution < -0.4 is 20.7 Å². The van der Waals surface area contributed by atoms with E-state index in [1.807, 2.05) is 0 Å². The summed E-state index contributed by atoms with van der Waals surface area (Å²) < 4.78 is 14.8. The van der Waals surface area contributed by atoms with Crippen molar-refractivity contribution in [3.05, 3.63) is 173 Å². The zero-order valence-electron chi connectivity index (χ0n) is 24.7. The van der Waals surface area contributed by atoms with Crippen molar-refractivity contribution >= 4 is 64.2 Å². The molecule has 5 aromatic carbocycles. The zero-order valence-corrected chi connectivity index (χ0v) is 27.2. The first-order valence-electron chi connectivity index (χ1n) is 14.2. The zero-order chi connectivity index (χ0) is 33.3. The van der Waals surface area contributed by atoms with Crippen molar-refractivity contribution in [3.63, 3.8) is 0 Å². The number of carboxylic acid groups (broad SMARTS) is 2. The monoisotopic (exact) mass is 736 g/mol. The minimum atomic E-state index is -6.36. The number of carbonyl (C=O) groups is 2. The van der Waals surface area contributed by atoms with Crippen LogP contribution in [-0.2, 0) is 15.8 Å². The number of hydrogen-bond acceptors (Lipinski definition) is 8. The first-order valence-corrected chi connectivity index (χ1v) is 20.1. The molecule has 0 saturated carbocycles. The molecule has 0 heterocycles. The quantitative estimate of drug-likeness (QED) is 0.102. The van der Waals surface area contributed by atoms with Crippen molar-refractivity contribution in [2.45, 2.75) is 0 Å². The summed E-state index contributed by atoms with van der Waals surface area (Å²) in [4.78, 5) is 51.3. The molecule has 47 heavy (non-hydrogen) atoms. The van der Waals surface area contributed by atoms with Crippen LogP contribution >= 0.6 is 0 Å². The average Bonchev–Trinajstić information content (AvgIpc) is 3.11. The molecule has 0 radical (unpaired) electrons. The number of hydrogen-bond donors (Lipinski definition) is 0. The SMILES string of the molecule is O=C([O-])/C=C/c1cccc([N+](=O)[O][Sb]([O][N+](=O)c2cccc(/C=C/C(=O)[O-])c2)([c]2ccccc2)([c]2ccccc2)[c]2ccccc2)c1. The number of carbonyl (C=O) groups excluding carboxylic acids is 2. The van der Waals surface area contributed by atoms with Gasteiger partial charge in [-0.05, 0) is 0 Å². The molecule has 234 valence electrons. The van der Waals surface area contributed by atoms with Gasteiger partial charge in [0, 0.05) is 0 Å². The molecular formula is C36H27N2O8Sb. The number of aliphatic carboxylic acids is 2. The Hall–Kier alpha value is -5.86. The van der Waals surface area contributed by atoms with Gasteiger partial charge in [-0.15, -0.1) is 0 Å². The molecule has 0 saturated heterocycles. The molecule has 10 nitrogen and oxygen atoms in total. The summed E-state index contributed by atoms with van der Waals surface area (Å²) >= 11 is -6.36. The molecule has 0 atom stereocenters. The molecule has 0 aliphatic carbocycles. The van der Waals surface area contributed by atoms with Gasteiger partial charge in [-0.1, -0.05) is 0 Å². The topological polar surface area (TPSA) is 139 Å². The summed E-state index contributed by atoms with van der Waals surface area (Å²) in [6.45, 7) is 0. The second kappa shape index (κ2) is 14.1. The van der Waals surface area contributed by atoms with Gasteiger partial charge < -0.3 is 0 Å². The Morgan fingerprint density at radius 1 is 0.511 bits per heavy atom. The van der Waals surface area contributed by atoms with E-state index in [0.29, 0.717) is 21.7 Å². The van der Waals surface area contributed by atoms with E-state index in [2.05, 4.69) is 0 Å². The standard InChI is InChI=1S/2C9H7NO4.3C6H5.Sb/c2*11-9(12)5-4-7-2-1-3-8(6-7)10(13)14;3*1-2-4-6-5-3-1;/h2*1-6H,(H,11,12);3*1-5H;/q;;;;;+2/p-2/b2*5-4+;;;;. The predicted octanol–water partition coefficient (Wildman–Crippen LogP) is 2.71. The molecule has 11 heteroatoms. The fraction of sp³-hybridized carbons (Fsp3) is 0. The second-order valence-corrected chi connectivity index (χ2v) is 21.0. The number of benzene rings is 5. The third kappa shape index (κ3) is 6.88. The van der Waals surface area contributed by atoms with Crippen molar-refractivity contribution in [2.75, 3.05) is 0 Å². The van der Waals surface area contributed by atoms with Crippen molar-refractivity contribution in [3.8, 4) is 0 Å². The summed E-state index contributed by atoms with van der Waals surface area (Å²) in [5, 5.41) is 22.1. The summed E-state index contributed by atoms with van der Waals surface area (Å²) in [6, 6.07) is 38.4. The van der Waals surface area contributed by atoms with Crippen molar-refractivity contribution < 1.29 is 35.9 Å². The fourth-order valence-corrected chi connectivity index (χ4v) is 17.5. The summed E-state index contributed by atoms with van der Waals surface area (Å²) in [5.74, 6) is -2.81. The Morgan fingerprint density at radius 3 is 1.17 bits per heavy atom. The van der Waals surface area contributed by atoms with Gasteiger partial charge >= 0.3 is 273 Å². The van der Waals surface area contributed by atoms with Gasteiger partial charge in [0.05, 0.1) is 0 Å². The normalized spacial score (nSPS) is 12.2. The Bertz CT molecular complexity index is 1810. The Labute approximate surface area is 271 Å². The van der Waals surface area contributed by atoms with Gasteiger partial charge in [0.1, 0.15) is 0 Å². The molecule has 0 bridgehead atoms. The minimum absolute atomic E-state index is 0.00181. The predicted molar refractivity (Wildman–Crippen MR) is 174 cm³/mol. The van der Waals surface area contributed by atoms with E-state index in [-0.39, 0.29) is 21.2 Å². The maximum absolute atomic E-state index is 14.3. The molecular weight excluding hydrogens is 710 g/mol. The van der Waals surface area contributed by atoms with Crippen LogP contribution in [0.5, 0.6) is 0 Å². The first kappa shape index (κ1) is 32.5. The van der Waals surface area contributed by atoms with Gasteiger partial charge in [-0.3, -0.25) is 0 Å². The second-order valence-electron chi connectivity index (χ2n) is 10.1. The van der Waals surface area contributed by atoms with Crippen LogP contribution in [0.3, 0.4) is 0 Å². The molecule has 5 rings (SSSR count). The van der Waals surface area contributed by atoms with Crippen molar-refractivity contribution in [1.29, 1.82) is 0 Å². The van der Waals surface area contributed by atoms with Crippen molar-refractivity contribution in [1.82, 2.24) is 0 Å². The van der Waals surface area contributed by atoms with E-state index in [0.717, 1.165) is 12.2 Å². The molecule has 0 unspecified atom stereocenters. The average molecular weight is 737 g/mol. The Kier molecular flexibility index (Phi) is 9.73. The van der Waals surface area contributed by atoms with E-state index >= 15 is 0 Å². The van der Waals surface area contributed by atoms with Crippen LogP contribution in [0.15, 0.2) is 152 Å². The molecule has 0 aromatic heterocycles. The molecule has 0 N–H and O–H groups in total. The van der Waals surface area contributed by atoms with E-state index in [1.165, 1.54) is 36.4 Å². The Morgan fingerprint density at radius 2 is 0.851 bits per heavy atom. The molecule has 0 aliphatic heterocycles. The van der Waals surface area contributed by atoms with Crippen LogP contribution in [-0.4, -0.2) is 40.0 Å². The van der Waals surface area contributed by atoms with Crippen molar-refractivity contribution in [2.24, 2.45) is 0 Å². The number of nitrogens with zero attached hydrogens (tertiary/aromatic N) is 2. The first-order chi connectivity index (χ1) is 22.7. The third-order valence-corrected chi connectivity index (χ3v) is 20.3. The summed E-state index contributed by atoms with van der Waals surface area (Å²) in [5.41, 5.74) is 0.776. The molecule has 5 aromatic rings. The van der Waals surface area contributed by atoms with Crippen LogP contribution in [0.1, 0.15) is 11.1 Å². The van der Waals surface area contributed by atoms with E-state index in [4.69, 9.17) is 6.23 Å². The Balaban J connectivity index is 1.79. The summed E-state index contributed by atoms with van der Waals surface area (Å²) in [6.07, 6.45) is 4.24. The summed E-state index contributed by atoms with van der Waals surface area (Å²) in [7, 11) is 0. The van der Waals surface area contributed by atoms with E-state index in [1.54, 1.807) is 115 Å². The van der Waals surface area contributed by atoms with Crippen LogP contribution in [0, 0.1) is 9.81 Å². The van der Waals surface area contributed by atoms with Gasteiger partial charge in [0.15, 0.2) is 0 Å². The van der Waals surface area contributed by atoms with Gasteiger partial charge in [-0.2, -0.15) is 0 Å². The van der Waals surface area contributed by atoms with E-state index in [9.17, 15) is 29.6 Å². The maximum atomic E-state index is 14.3. The molecule has 0 fully saturated rings. The van der Waals surface area contributed by atoms with Crippen LogP contribution in [0.25, 0.3) is 12.2 Å². The number of carboxylic acids is 2. The fourth-order valence-electron chi connectivity index (χ4n) is 5.03. The van der Waals surface area contributed by atoms with Crippen LogP contribution in [0.4, 0.5) is 11.4 Å². The van der Waals surface area contributed by atoms with Crippen LogP contribution in [0.2, 0.25) is 0 Å². The van der Waals surface area contributed by atoms with Gasteiger partial charge in [-0.25, -0.2) is 0 Å². The third-order valence-electron chi connectivity index (χ3n) is 7.12. The molecule has 0 spiro atoms. The van der Waals surface area contributed by atoms with Gasteiger partial charge in [0.25, 0.3) is 0 Å². The molecule has 0 amide bonds.